The Morgan fingerprint density at radius 2 is 1.83 bits per heavy atom. The summed E-state index contributed by atoms with van der Waals surface area (Å²) in [6.45, 7) is 0.530. The number of benzene rings is 1. The fourth-order valence-corrected chi connectivity index (χ4v) is 2.65. The number of fused-ring (bicyclic) bond motifs is 1. The Morgan fingerprint density at radius 3 is 2.52 bits per heavy atom. The lowest BCUT2D eigenvalue weighted by Crippen LogP contribution is -2.37. The van der Waals surface area contributed by atoms with Crippen LogP contribution < -0.4 is 16.6 Å². The molecule has 0 aliphatic carbocycles. The summed E-state index contributed by atoms with van der Waals surface area (Å²) in [6, 6.07) is 11.4. The van der Waals surface area contributed by atoms with Gasteiger partial charge < -0.3 is 5.32 Å². The summed E-state index contributed by atoms with van der Waals surface area (Å²) in [5.74, 6) is 0. The van der Waals surface area contributed by atoms with Crippen molar-refractivity contribution in [1.82, 2.24) is 14.1 Å². The van der Waals surface area contributed by atoms with Crippen LogP contribution in [0.4, 0.5) is 5.69 Å². The van der Waals surface area contributed by atoms with Crippen LogP contribution >= 0.6 is 11.6 Å². The van der Waals surface area contributed by atoms with Crippen LogP contribution in [-0.2, 0) is 20.6 Å². The number of aryl methyl sites for hydroxylation is 1. The Morgan fingerprint density at radius 1 is 1.13 bits per heavy atom. The number of anilines is 1. The number of aromatic nitrogens is 3. The summed E-state index contributed by atoms with van der Waals surface area (Å²) in [6.07, 6.45) is 0. The maximum atomic E-state index is 12.5. The second-order valence-corrected chi connectivity index (χ2v) is 5.62. The van der Waals surface area contributed by atoms with Gasteiger partial charge in [0.05, 0.1) is 5.69 Å². The summed E-state index contributed by atoms with van der Waals surface area (Å²) < 4.78 is 2.38. The second-order valence-electron chi connectivity index (χ2n) is 5.24. The number of hydrogen-bond donors (Lipinski definition) is 1. The molecule has 0 aliphatic heterocycles. The van der Waals surface area contributed by atoms with Crippen LogP contribution in [0, 0.1) is 0 Å². The molecule has 3 aromatic rings. The van der Waals surface area contributed by atoms with E-state index in [1.807, 2.05) is 30.3 Å². The Labute approximate surface area is 137 Å². The van der Waals surface area contributed by atoms with Crippen LogP contribution in [0.25, 0.3) is 11.0 Å². The molecule has 0 bridgehead atoms. The van der Waals surface area contributed by atoms with Crippen molar-refractivity contribution >= 4 is 28.3 Å². The van der Waals surface area contributed by atoms with Gasteiger partial charge in [-0.1, -0.05) is 41.9 Å². The molecule has 6 nitrogen and oxygen atoms in total. The molecule has 0 spiro atoms. The Bertz CT molecular complexity index is 993. The van der Waals surface area contributed by atoms with E-state index in [9.17, 15) is 9.59 Å². The van der Waals surface area contributed by atoms with Gasteiger partial charge in [-0.2, -0.15) is 0 Å². The van der Waals surface area contributed by atoms with Crippen LogP contribution in [0.2, 0.25) is 5.15 Å². The molecule has 0 fully saturated rings. The van der Waals surface area contributed by atoms with Gasteiger partial charge in [-0.15, -0.1) is 0 Å². The SMILES string of the molecule is Cn1c(=O)c2c(NCc3ccccc3)cc(Cl)nc2n(C)c1=O. The lowest BCUT2D eigenvalue weighted by Gasteiger charge is -2.12. The lowest BCUT2D eigenvalue weighted by atomic mass is 10.2. The number of hydrogen-bond acceptors (Lipinski definition) is 4. The van der Waals surface area contributed by atoms with Crippen molar-refractivity contribution in [2.24, 2.45) is 14.1 Å². The first-order valence-electron chi connectivity index (χ1n) is 7.03. The van der Waals surface area contributed by atoms with Crippen LogP contribution in [-0.4, -0.2) is 14.1 Å². The summed E-state index contributed by atoms with van der Waals surface area (Å²) in [4.78, 5) is 28.6. The van der Waals surface area contributed by atoms with Gasteiger partial charge in [-0.25, -0.2) is 9.78 Å². The molecule has 7 heteroatoms. The predicted octanol–water partition coefficient (Wildman–Crippen LogP) is 1.90. The van der Waals surface area contributed by atoms with Gasteiger partial charge in [0.15, 0.2) is 5.65 Å². The van der Waals surface area contributed by atoms with Gasteiger partial charge in [0.2, 0.25) is 0 Å². The standard InChI is InChI=1S/C16H15ClN4O2/c1-20-14-13(15(22)21(2)16(20)23)11(8-12(17)19-14)18-9-10-6-4-3-5-7-10/h3-8H,9H2,1-2H3,(H,18,19). The highest BCUT2D eigenvalue weighted by atomic mass is 35.5. The number of rotatable bonds is 3. The van der Waals surface area contributed by atoms with Crippen molar-refractivity contribution in [2.75, 3.05) is 5.32 Å². The first kappa shape index (κ1) is 15.3. The maximum Gasteiger partial charge on any atom is 0.332 e. The van der Waals surface area contributed by atoms with E-state index in [0.29, 0.717) is 17.6 Å². The van der Waals surface area contributed by atoms with E-state index >= 15 is 0 Å². The van der Waals surface area contributed by atoms with E-state index in [2.05, 4.69) is 10.3 Å². The highest BCUT2D eigenvalue weighted by Gasteiger charge is 2.15. The molecule has 0 unspecified atom stereocenters. The minimum absolute atomic E-state index is 0.219. The average Bonchev–Trinajstić information content (AvgIpc) is 2.56. The van der Waals surface area contributed by atoms with E-state index in [1.165, 1.54) is 11.6 Å². The molecule has 0 atom stereocenters. The molecule has 0 saturated carbocycles. The van der Waals surface area contributed by atoms with Gasteiger partial charge in [0.25, 0.3) is 5.56 Å². The summed E-state index contributed by atoms with van der Waals surface area (Å²) in [5, 5.41) is 3.77. The molecule has 1 N–H and O–H groups in total. The van der Waals surface area contributed by atoms with Crippen LogP contribution in [0.5, 0.6) is 0 Å². The third kappa shape index (κ3) is 2.73. The minimum Gasteiger partial charge on any atom is -0.380 e. The molecule has 0 aliphatic rings. The largest absolute Gasteiger partial charge is 0.380 e. The van der Waals surface area contributed by atoms with Gasteiger partial charge in [0.1, 0.15) is 10.5 Å². The zero-order valence-electron chi connectivity index (χ0n) is 12.7. The number of nitrogens with zero attached hydrogens (tertiary/aromatic N) is 3. The molecule has 0 radical (unpaired) electrons. The lowest BCUT2D eigenvalue weighted by molar-refractivity contribution is 0.708. The second kappa shape index (κ2) is 5.89. The molecule has 3 rings (SSSR count). The molecular weight excluding hydrogens is 316 g/mol. The third-order valence-electron chi connectivity index (χ3n) is 3.70. The van der Waals surface area contributed by atoms with Crippen molar-refractivity contribution < 1.29 is 0 Å². The van der Waals surface area contributed by atoms with Gasteiger partial charge in [0, 0.05) is 20.6 Å². The molecule has 23 heavy (non-hydrogen) atoms. The van der Waals surface area contributed by atoms with Crippen LogP contribution in [0.1, 0.15) is 5.56 Å². The first-order chi connectivity index (χ1) is 11.0. The molecule has 1 aromatic carbocycles. The van der Waals surface area contributed by atoms with Crippen molar-refractivity contribution in [2.45, 2.75) is 6.54 Å². The molecule has 0 saturated heterocycles. The van der Waals surface area contributed by atoms with Crippen LogP contribution in [0.3, 0.4) is 0 Å². The van der Waals surface area contributed by atoms with Crippen LogP contribution in [0.15, 0.2) is 46.0 Å². The molecule has 2 heterocycles. The molecule has 118 valence electrons. The predicted molar refractivity (Wildman–Crippen MR) is 91.0 cm³/mol. The van der Waals surface area contributed by atoms with E-state index in [0.717, 1.165) is 10.1 Å². The van der Waals surface area contributed by atoms with E-state index < -0.39 is 11.2 Å². The summed E-state index contributed by atoms with van der Waals surface area (Å²) >= 11 is 6.05. The summed E-state index contributed by atoms with van der Waals surface area (Å²) in [7, 11) is 3.01. The molecular formula is C16H15ClN4O2. The minimum atomic E-state index is -0.439. The van der Waals surface area contributed by atoms with Gasteiger partial charge in [-0.05, 0) is 11.6 Å². The van der Waals surface area contributed by atoms with E-state index in [4.69, 9.17) is 11.6 Å². The van der Waals surface area contributed by atoms with Crippen molar-refractivity contribution in [1.29, 1.82) is 0 Å². The highest BCUT2D eigenvalue weighted by molar-refractivity contribution is 6.30. The Balaban J connectivity index is 2.17. The van der Waals surface area contributed by atoms with E-state index in [-0.39, 0.29) is 10.8 Å². The van der Waals surface area contributed by atoms with E-state index in [1.54, 1.807) is 13.1 Å². The monoisotopic (exact) mass is 330 g/mol. The number of nitrogens with one attached hydrogen (secondary N) is 1. The van der Waals surface area contributed by atoms with Gasteiger partial charge >= 0.3 is 5.69 Å². The summed E-state index contributed by atoms with van der Waals surface area (Å²) in [5.41, 5.74) is 1.05. The topological polar surface area (TPSA) is 68.9 Å². The Hall–Kier alpha value is -2.60. The van der Waals surface area contributed by atoms with Crippen molar-refractivity contribution in [3.8, 4) is 0 Å². The molecule has 0 amide bonds. The Kier molecular flexibility index (Phi) is 3.92. The fraction of sp³-hybridized carbons (Fsp3) is 0.188. The van der Waals surface area contributed by atoms with Gasteiger partial charge in [-0.3, -0.25) is 13.9 Å². The normalized spacial score (nSPS) is 10.9. The van der Waals surface area contributed by atoms with Crippen molar-refractivity contribution in [3.05, 3.63) is 68.0 Å². The smallest absolute Gasteiger partial charge is 0.332 e. The molecule has 2 aromatic heterocycles. The first-order valence-corrected chi connectivity index (χ1v) is 7.41. The average molecular weight is 331 g/mol. The number of halogens is 1. The third-order valence-corrected chi connectivity index (χ3v) is 3.90. The quantitative estimate of drug-likeness (QED) is 0.745. The van der Waals surface area contributed by atoms with Crippen molar-refractivity contribution in [3.63, 3.8) is 0 Å². The fourth-order valence-electron chi connectivity index (χ4n) is 2.46. The number of pyridine rings is 1. The zero-order chi connectivity index (χ0) is 16.6. The zero-order valence-corrected chi connectivity index (χ0v) is 13.5. The maximum absolute atomic E-state index is 12.5. The highest BCUT2D eigenvalue weighted by Crippen LogP contribution is 2.22.